The van der Waals surface area contributed by atoms with E-state index in [-0.39, 0.29) is 16.4 Å². The first-order valence-electron chi connectivity index (χ1n) is 6.53. The molecule has 1 aliphatic heterocycles. The van der Waals surface area contributed by atoms with Crippen LogP contribution < -0.4 is 4.31 Å². The molecule has 2 aromatic carbocycles. The summed E-state index contributed by atoms with van der Waals surface area (Å²) in [6, 6.07) is 13.3. The highest BCUT2D eigenvalue weighted by Gasteiger charge is 2.39. The molecule has 0 atom stereocenters. The Morgan fingerprint density at radius 3 is 2.32 bits per heavy atom. The molecular weight excluding hydrogens is 413 g/mol. The number of para-hydroxylation sites is 1. The van der Waals surface area contributed by atoms with Crippen LogP contribution in [0.2, 0.25) is 0 Å². The highest BCUT2D eigenvalue weighted by Crippen LogP contribution is 2.39. The molecule has 1 aliphatic rings. The molecular formula is C16H12INO3S. The van der Waals surface area contributed by atoms with E-state index in [9.17, 15) is 13.2 Å². The summed E-state index contributed by atoms with van der Waals surface area (Å²) >= 11 is 1.89. The predicted octanol–water partition coefficient (Wildman–Crippen LogP) is 3.66. The van der Waals surface area contributed by atoms with Gasteiger partial charge in [0.1, 0.15) is 5.70 Å². The van der Waals surface area contributed by atoms with E-state index in [1.54, 1.807) is 48.5 Å². The molecule has 0 amide bonds. The van der Waals surface area contributed by atoms with Gasteiger partial charge in [0.15, 0.2) is 0 Å². The normalized spacial score (nSPS) is 16.2. The van der Waals surface area contributed by atoms with Crippen LogP contribution in [0.15, 0.2) is 63.2 Å². The van der Waals surface area contributed by atoms with E-state index in [0.29, 0.717) is 11.3 Å². The lowest BCUT2D eigenvalue weighted by Crippen LogP contribution is -2.28. The Kier molecular flexibility index (Phi) is 3.82. The molecule has 0 N–H and O–H groups in total. The van der Waals surface area contributed by atoms with E-state index in [2.05, 4.69) is 0 Å². The van der Waals surface area contributed by atoms with Crippen LogP contribution in [0.1, 0.15) is 15.9 Å². The average Bonchev–Trinajstić information content (AvgIpc) is 2.81. The largest absolute Gasteiger partial charge is 0.287 e. The molecule has 0 spiro atoms. The van der Waals surface area contributed by atoms with Crippen molar-refractivity contribution in [3.63, 3.8) is 0 Å². The molecule has 22 heavy (non-hydrogen) atoms. The fraction of sp³-hybridized carbons (Fsp3) is 0.0625. The fourth-order valence-electron chi connectivity index (χ4n) is 2.37. The maximum atomic E-state index is 13.0. The molecule has 0 saturated carbocycles. The minimum atomic E-state index is -3.82. The quantitative estimate of drug-likeness (QED) is 0.545. The summed E-state index contributed by atoms with van der Waals surface area (Å²) in [7, 11) is -3.82. The molecule has 4 nitrogen and oxygen atoms in total. The Balaban J connectivity index is 2.22. The maximum absolute atomic E-state index is 13.0. The van der Waals surface area contributed by atoms with Crippen molar-refractivity contribution < 1.29 is 13.2 Å². The average molecular weight is 425 g/mol. The Bertz CT molecular complexity index is 886. The summed E-state index contributed by atoms with van der Waals surface area (Å²) in [6.07, 6.45) is 0. The summed E-state index contributed by atoms with van der Waals surface area (Å²) < 4.78 is 28.5. The van der Waals surface area contributed by atoms with Crippen LogP contribution in [0, 0.1) is 6.92 Å². The molecule has 6 heteroatoms. The van der Waals surface area contributed by atoms with Crippen molar-refractivity contribution in [2.24, 2.45) is 0 Å². The lowest BCUT2D eigenvalue weighted by molar-refractivity contribution is 0.104. The summed E-state index contributed by atoms with van der Waals surface area (Å²) in [5.41, 5.74) is 1.93. The molecule has 1 heterocycles. The van der Waals surface area contributed by atoms with Crippen LogP contribution in [-0.4, -0.2) is 14.2 Å². The van der Waals surface area contributed by atoms with Gasteiger partial charge in [0.05, 0.1) is 10.6 Å². The van der Waals surface area contributed by atoms with E-state index in [4.69, 9.17) is 0 Å². The Morgan fingerprint density at radius 2 is 1.68 bits per heavy atom. The van der Waals surface area contributed by atoms with Gasteiger partial charge >= 0.3 is 0 Å². The number of halogens is 1. The van der Waals surface area contributed by atoms with Crippen molar-refractivity contribution in [1.82, 2.24) is 0 Å². The number of carbonyl (C=O) groups excluding carboxylic acids is 1. The lowest BCUT2D eigenvalue weighted by atomic mass is 10.1. The van der Waals surface area contributed by atoms with Gasteiger partial charge < -0.3 is 0 Å². The van der Waals surface area contributed by atoms with Crippen LogP contribution in [0.25, 0.3) is 0 Å². The number of fused-ring (bicyclic) bond motifs is 1. The fourth-order valence-corrected chi connectivity index (χ4v) is 4.63. The van der Waals surface area contributed by atoms with E-state index < -0.39 is 10.0 Å². The third-order valence-corrected chi connectivity index (χ3v) is 5.81. The van der Waals surface area contributed by atoms with Crippen molar-refractivity contribution in [1.29, 1.82) is 0 Å². The van der Waals surface area contributed by atoms with Gasteiger partial charge in [0.25, 0.3) is 10.0 Å². The standard InChI is InChI=1S/C16H12INO3S/c1-11-6-8-12(9-7-11)22(20,21)18-14-5-3-2-4-13(14)16(19)15(18)10-17/h2-10H,1H3/b15-10-. The number of benzene rings is 2. The number of aryl methyl sites for hydroxylation is 1. The maximum Gasteiger partial charge on any atom is 0.268 e. The molecule has 0 unspecified atom stereocenters. The first kappa shape index (κ1) is 15.2. The molecule has 0 bridgehead atoms. The summed E-state index contributed by atoms with van der Waals surface area (Å²) in [5.74, 6) is -0.277. The summed E-state index contributed by atoms with van der Waals surface area (Å²) in [6.45, 7) is 1.89. The monoisotopic (exact) mass is 425 g/mol. The third kappa shape index (κ3) is 2.26. The first-order chi connectivity index (χ1) is 10.5. The van der Waals surface area contributed by atoms with Crippen molar-refractivity contribution in [3.8, 4) is 0 Å². The zero-order chi connectivity index (χ0) is 15.9. The molecule has 0 radical (unpaired) electrons. The molecule has 112 valence electrons. The Morgan fingerprint density at radius 1 is 1.05 bits per heavy atom. The van der Waals surface area contributed by atoms with E-state index in [1.807, 2.05) is 29.5 Å². The summed E-state index contributed by atoms with van der Waals surface area (Å²) in [4.78, 5) is 12.6. The topological polar surface area (TPSA) is 54.5 Å². The number of ketones is 1. The van der Waals surface area contributed by atoms with Crippen LogP contribution in [0.5, 0.6) is 0 Å². The molecule has 0 fully saturated rings. The Labute approximate surface area is 142 Å². The zero-order valence-electron chi connectivity index (χ0n) is 11.7. The number of anilines is 1. The number of hydrogen-bond acceptors (Lipinski definition) is 3. The van der Waals surface area contributed by atoms with Gasteiger partial charge in [-0.15, -0.1) is 0 Å². The molecule has 0 aromatic heterocycles. The number of carbonyl (C=O) groups is 1. The van der Waals surface area contributed by atoms with Gasteiger partial charge in [0.2, 0.25) is 5.78 Å². The second-order valence-electron chi connectivity index (χ2n) is 4.92. The second kappa shape index (κ2) is 5.51. The minimum absolute atomic E-state index is 0.155. The predicted molar refractivity (Wildman–Crippen MR) is 93.7 cm³/mol. The highest BCUT2D eigenvalue weighted by molar-refractivity contribution is 14.1. The van der Waals surface area contributed by atoms with Crippen LogP contribution in [-0.2, 0) is 10.0 Å². The smallest absolute Gasteiger partial charge is 0.268 e. The van der Waals surface area contributed by atoms with Gasteiger partial charge in [-0.2, -0.15) is 0 Å². The van der Waals surface area contributed by atoms with Crippen LogP contribution >= 0.6 is 22.6 Å². The van der Waals surface area contributed by atoms with Gasteiger partial charge in [0, 0.05) is 9.65 Å². The molecule has 2 aromatic rings. The number of Topliss-reactive ketones (excluding diaryl/α,β-unsaturated/α-hetero) is 1. The number of sulfonamides is 1. The van der Waals surface area contributed by atoms with Crippen LogP contribution in [0.3, 0.4) is 0 Å². The minimum Gasteiger partial charge on any atom is -0.287 e. The van der Waals surface area contributed by atoms with Gasteiger partial charge in [-0.1, -0.05) is 52.4 Å². The van der Waals surface area contributed by atoms with Crippen molar-refractivity contribution in [3.05, 3.63) is 69.4 Å². The van der Waals surface area contributed by atoms with Gasteiger partial charge in [-0.3, -0.25) is 4.79 Å². The second-order valence-corrected chi connectivity index (χ2v) is 7.33. The molecule has 0 saturated heterocycles. The molecule has 0 aliphatic carbocycles. The van der Waals surface area contributed by atoms with Gasteiger partial charge in [-0.05, 0) is 31.2 Å². The number of hydrogen-bond donors (Lipinski definition) is 0. The van der Waals surface area contributed by atoms with Crippen LogP contribution in [0.4, 0.5) is 5.69 Å². The van der Waals surface area contributed by atoms with E-state index in [0.717, 1.165) is 9.87 Å². The number of nitrogens with zero attached hydrogens (tertiary/aromatic N) is 1. The Hall–Kier alpha value is -1.67. The van der Waals surface area contributed by atoms with E-state index >= 15 is 0 Å². The zero-order valence-corrected chi connectivity index (χ0v) is 14.6. The lowest BCUT2D eigenvalue weighted by Gasteiger charge is -2.20. The number of rotatable bonds is 2. The third-order valence-electron chi connectivity index (χ3n) is 3.48. The molecule has 3 rings (SSSR count). The van der Waals surface area contributed by atoms with Crippen molar-refractivity contribution in [2.75, 3.05) is 4.31 Å². The van der Waals surface area contributed by atoms with Crippen molar-refractivity contribution in [2.45, 2.75) is 11.8 Å². The van der Waals surface area contributed by atoms with Gasteiger partial charge in [-0.25, -0.2) is 12.7 Å². The SMILES string of the molecule is Cc1ccc(S(=O)(=O)N2/C(=C\I)C(=O)c3ccccc32)cc1. The van der Waals surface area contributed by atoms with E-state index in [1.165, 1.54) is 4.08 Å². The van der Waals surface area contributed by atoms with Crippen molar-refractivity contribution >= 4 is 44.1 Å². The first-order valence-corrected chi connectivity index (χ1v) is 9.21. The summed E-state index contributed by atoms with van der Waals surface area (Å²) in [5, 5.41) is 0. The highest BCUT2D eigenvalue weighted by atomic mass is 127. The number of allylic oxidation sites excluding steroid dienone is 1.